The second kappa shape index (κ2) is 3.91. The maximum Gasteiger partial charge on any atom is 0.0894 e. The molecule has 0 bridgehead atoms. The van der Waals surface area contributed by atoms with Gasteiger partial charge in [0, 0.05) is 5.02 Å². The molecule has 0 radical (unpaired) electrons. The van der Waals surface area contributed by atoms with Crippen LogP contribution in [-0.2, 0) is 5.41 Å². The Morgan fingerprint density at radius 1 is 1.12 bits per heavy atom. The fraction of sp³-hybridized carbons (Fsp3) is 0.333. The maximum atomic E-state index is 6.03. The second-order valence-corrected chi connectivity index (χ2v) is 5.17. The van der Waals surface area contributed by atoms with E-state index in [1.165, 1.54) is 0 Å². The zero-order valence-corrected chi connectivity index (χ0v) is 10.4. The van der Waals surface area contributed by atoms with Crippen LogP contribution in [0.15, 0.2) is 30.6 Å². The topological polar surface area (TPSA) is 30.7 Å². The summed E-state index contributed by atoms with van der Waals surface area (Å²) < 4.78 is 0. The van der Waals surface area contributed by atoms with Gasteiger partial charge in [-0.25, -0.2) is 0 Å². The van der Waals surface area contributed by atoms with Crippen LogP contribution in [0.3, 0.4) is 0 Å². The SMILES string of the molecule is CC(C)(C)c1cc(Cl)ccc1-n1nccn1. The molecule has 0 aliphatic carbocycles. The van der Waals surface area contributed by atoms with E-state index in [1.807, 2.05) is 18.2 Å². The summed E-state index contributed by atoms with van der Waals surface area (Å²) in [5.41, 5.74) is 2.12. The molecular weight excluding hydrogens is 222 g/mol. The molecule has 0 fully saturated rings. The normalized spacial score (nSPS) is 11.8. The van der Waals surface area contributed by atoms with E-state index in [4.69, 9.17) is 11.6 Å². The third-order valence-corrected chi connectivity index (χ3v) is 2.64. The molecule has 0 spiro atoms. The summed E-state index contributed by atoms with van der Waals surface area (Å²) in [6, 6.07) is 5.78. The fourth-order valence-electron chi connectivity index (χ4n) is 1.62. The van der Waals surface area contributed by atoms with Gasteiger partial charge in [0.15, 0.2) is 0 Å². The van der Waals surface area contributed by atoms with Gasteiger partial charge in [-0.15, -0.1) is 0 Å². The van der Waals surface area contributed by atoms with E-state index in [0.717, 1.165) is 16.3 Å². The minimum absolute atomic E-state index is 0.00780. The summed E-state index contributed by atoms with van der Waals surface area (Å²) in [4.78, 5) is 1.62. The highest BCUT2D eigenvalue weighted by molar-refractivity contribution is 6.30. The molecule has 2 rings (SSSR count). The molecule has 0 aliphatic rings. The van der Waals surface area contributed by atoms with Gasteiger partial charge in [0.05, 0.1) is 18.1 Å². The standard InChI is InChI=1S/C12H14ClN3/c1-12(2,3)10-8-9(13)4-5-11(10)16-14-6-7-15-16/h4-8H,1-3H3. The molecule has 1 aromatic carbocycles. The van der Waals surface area contributed by atoms with Gasteiger partial charge in [-0.2, -0.15) is 15.0 Å². The minimum Gasteiger partial charge on any atom is -0.157 e. The highest BCUT2D eigenvalue weighted by Gasteiger charge is 2.19. The van der Waals surface area contributed by atoms with E-state index in [1.54, 1.807) is 17.2 Å². The van der Waals surface area contributed by atoms with E-state index in [2.05, 4.69) is 31.0 Å². The highest BCUT2D eigenvalue weighted by Crippen LogP contribution is 2.30. The van der Waals surface area contributed by atoms with Crippen LogP contribution in [0.5, 0.6) is 0 Å². The van der Waals surface area contributed by atoms with E-state index in [9.17, 15) is 0 Å². The third kappa shape index (κ3) is 2.09. The van der Waals surface area contributed by atoms with Gasteiger partial charge < -0.3 is 0 Å². The Morgan fingerprint density at radius 2 is 1.75 bits per heavy atom. The summed E-state index contributed by atoms with van der Waals surface area (Å²) in [7, 11) is 0. The first kappa shape index (κ1) is 11.1. The summed E-state index contributed by atoms with van der Waals surface area (Å²) >= 11 is 6.03. The molecule has 0 amide bonds. The van der Waals surface area contributed by atoms with E-state index in [-0.39, 0.29) is 5.41 Å². The zero-order valence-electron chi connectivity index (χ0n) is 9.61. The van der Waals surface area contributed by atoms with Gasteiger partial charge in [0.25, 0.3) is 0 Å². The smallest absolute Gasteiger partial charge is 0.0894 e. The highest BCUT2D eigenvalue weighted by atomic mass is 35.5. The summed E-state index contributed by atoms with van der Waals surface area (Å²) in [6.07, 6.45) is 3.34. The van der Waals surface area contributed by atoms with Crippen LogP contribution >= 0.6 is 11.6 Å². The summed E-state index contributed by atoms with van der Waals surface area (Å²) in [6.45, 7) is 6.43. The third-order valence-electron chi connectivity index (χ3n) is 2.40. The van der Waals surface area contributed by atoms with Crippen molar-refractivity contribution < 1.29 is 0 Å². The Kier molecular flexibility index (Phi) is 2.72. The molecule has 16 heavy (non-hydrogen) atoms. The van der Waals surface area contributed by atoms with Crippen LogP contribution < -0.4 is 0 Å². The van der Waals surface area contributed by atoms with Gasteiger partial charge in [-0.3, -0.25) is 0 Å². The van der Waals surface area contributed by atoms with Crippen LogP contribution in [-0.4, -0.2) is 15.0 Å². The molecule has 1 aromatic heterocycles. The van der Waals surface area contributed by atoms with Crippen molar-refractivity contribution in [1.29, 1.82) is 0 Å². The molecule has 0 saturated heterocycles. The van der Waals surface area contributed by atoms with Crippen molar-refractivity contribution >= 4 is 11.6 Å². The number of aromatic nitrogens is 3. The lowest BCUT2D eigenvalue weighted by molar-refractivity contribution is 0.577. The van der Waals surface area contributed by atoms with Gasteiger partial charge in [-0.05, 0) is 29.2 Å². The molecular formula is C12H14ClN3. The largest absolute Gasteiger partial charge is 0.157 e. The lowest BCUT2D eigenvalue weighted by Gasteiger charge is -2.22. The number of hydrogen-bond donors (Lipinski definition) is 0. The molecule has 1 heterocycles. The van der Waals surface area contributed by atoms with Gasteiger partial charge in [-0.1, -0.05) is 32.4 Å². The Hall–Kier alpha value is -1.35. The lowest BCUT2D eigenvalue weighted by Crippen LogP contribution is -2.16. The van der Waals surface area contributed by atoms with Crippen molar-refractivity contribution in [1.82, 2.24) is 15.0 Å². The van der Waals surface area contributed by atoms with Gasteiger partial charge >= 0.3 is 0 Å². The minimum atomic E-state index is 0.00780. The molecule has 0 saturated carbocycles. The predicted octanol–water partition coefficient (Wildman–Crippen LogP) is 3.22. The van der Waals surface area contributed by atoms with Crippen molar-refractivity contribution in [3.63, 3.8) is 0 Å². The first-order valence-corrected chi connectivity index (χ1v) is 5.53. The average Bonchev–Trinajstić information content (AvgIpc) is 2.69. The van der Waals surface area contributed by atoms with Gasteiger partial charge in [0.1, 0.15) is 0 Å². The Labute approximate surface area is 100 Å². The van der Waals surface area contributed by atoms with Crippen molar-refractivity contribution in [2.45, 2.75) is 26.2 Å². The Morgan fingerprint density at radius 3 is 2.31 bits per heavy atom. The number of benzene rings is 1. The van der Waals surface area contributed by atoms with Crippen molar-refractivity contribution in [3.05, 3.63) is 41.2 Å². The Balaban J connectivity index is 2.62. The van der Waals surface area contributed by atoms with Crippen molar-refractivity contribution in [2.24, 2.45) is 0 Å². The van der Waals surface area contributed by atoms with Crippen LogP contribution in [0.1, 0.15) is 26.3 Å². The first-order valence-electron chi connectivity index (χ1n) is 5.15. The van der Waals surface area contributed by atoms with E-state index < -0.39 is 0 Å². The van der Waals surface area contributed by atoms with Crippen LogP contribution in [0.4, 0.5) is 0 Å². The Bertz CT molecular complexity index is 483. The summed E-state index contributed by atoms with van der Waals surface area (Å²) in [5.74, 6) is 0. The molecule has 3 nitrogen and oxygen atoms in total. The molecule has 0 unspecified atom stereocenters. The molecule has 0 N–H and O–H groups in total. The molecule has 2 aromatic rings. The van der Waals surface area contributed by atoms with E-state index >= 15 is 0 Å². The number of halogens is 1. The van der Waals surface area contributed by atoms with Crippen LogP contribution in [0.2, 0.25) is 5.02 Å². The van der Waals surface area contributed by atoms with Crippen molar-refractivity contribution in [2.75, 3.05) is 0 Å². The van der Waals surface area contributed by atoms with Gasteiger partial charge in [0.2, 0.25) is 0 Å². The number of rotatable bonds is 1. The molecule has 84 valence electrons. The van der Waals surface area contributed by atoms with Crippen LogP contribution in [0, 0.1) is 0 Å². The molecule has 0 aliphatic heterocycles. The lowest BCUT2D eigenvalue weighted by atomic mass is 9.86. The molecule has 0 atom stereocenters. The molecule has 4 heteroatoms. The summed E-state index contributed by atoms with van der Waals surface area (Å²) in [5, 5.41) is 9.04. The fourth-order valence-corrected chi connectivity index (χ4v) is 1.80. The number of nitrogens with zero attached hydrogens (tertiary/aromatic N) is 3. The van der Waals surface area contributed by atoms with Crippen LogP contribution in [0.25, 0.3) is 5.69 Å². The first-order chi connectivity index (χ1) is 7.48. The maximum absolute atomic E-state index is 6.03. The number of hydrogen-bond acceptors (Lipinski definition) is 2. The second-order valence-electron chi connectivity index (χ2n) is 4.73. The van der Waals surface area contributed by atoms with Crippen molar-refractivity contribution in [3.8, 4) is 5.69 Å². The average molecular weight is 236 g/mol. The zero-order chi connectivity index (χ0) is 11.8. The quantitative estimate of drug-likeness (QED) is 0.760. The monoisotopic (exact) mass is 235 g/mol. The predicted molar refractivity (Wildman–Crippen MR) is 65.1 cm³/mol. The van der Waals surface area contributed by atoms with E-state index in [0.29, 0.717) is 0 Å².